The van der Waals surface area contributed by atoms with Gasteiger partial charge in [-0.05, 0) is 116 Å². The Morgan fingerprint density at radius 1 is 0.812 bits per heavy atom. The lowest BCUT2D eigenvalue weighted by Crippen LogP contribution is -2.50. The molecule has 1 heteroatoms. The molecule has 0 N–H and O–H groups in total. The molecule has 2 aromatic rings. The second-order valence-electron chi connectivity index (χ2n) is 12.0. The molecule has 6 atom stereocenters. The summed E-state index contributed by atoms with van der Waals surface area (Å²) in [5, 5.41) is 2.73. The van der Waals surface area contributed by atoms with Gasteiger partial charge in [0.25, 0.3) is 0 Å². The zero-order valence-corrected chi connectivity index (χ0v) is 20.4. The predicted molar refractivity (Wildman–Crippen MR) is 136 cm³/mol. The Bertz CT molecular complexity index is 1110. The maximum absolute atomic E-state index is 2.70. The Labute approximate surface area is 194 Å². The summed E-state index contributed by atoms with van der Waals surface area (Å²) in [6.07, 6.45) is 14.7. The van der Waals surface area contributed by atoms with E-state index in [0.29, 0.717) is 10.8 Å². The number of hydrogen-bond acceptors (Lipinski definition) is 1. The highest BCUT2D eigenvalue weighted by Crippen LogP contribution is 2.66. The van der Waals surface area contributed by atoms with Crippen molar-refractivity contribution in [1.29, 1.82) is 0 Å². The molecule has 168 valence electrons. The molecule has 0 unspecified atom stereocenters. The van der Waals surface area contributed by atoms with E-state index < -0.39 is 0 Å². The third kappa shape index (κ3) is 2.93. The van der Waals surface area contributed by atoms with Gasteiger partial charge < -0.3 is 4.90 Å². The maximum Gasteiger partial charge on any atom is 0.0127 e. The minimum Gasteiger partial charge on any atom is -0.306 e. The van der Waals surface area contributed by atoms with Crippen molar-refractivity contribution < 1.29 is 0 Å². The molecule has 4 aliphatic rings. The van der Waals surface area contributed by atoms with Crippen LogP contribution in [0.4, 0.5) is 0 Å². The van der Waals surface area contributed by atoms with Gasteiger partial charge in [-0.15, -0.1) is 0 Å². The van der Waals surface area contributed by atoms with Gasteiger partial charge in [0.1, 0.15) is 0 Å². The first-order valence-corrected chi connectivity index (χ1v) is 13.0. The fraction of sp³-hybridized carbons (Fsp3) is 0.548. The summed E-state index contributed by atoms with van der Waals surface area (Å²) in [5.74, 6) is 2.55. The van der Waals surface area contributed by atoms with Gasteiger partial charge in [-0.2, -0.15) is 0 Å². The van der Waals surface area contributed by atoms with E-state index in [0.717, 1.165) is 23.8 Å². The zero-order chi connectivity index (χ0) is 22.1. The van der Waals surface area contributed by atoms with Gasteiger partial charge in [0.2, 0.25) is 0 Å². The van der Waals surface area contributed by atoms with E-state index in [9.17, 15) is 0 Å². The topological polar surface area (TPSA) is 3.24 Å². The van der Waals surface area contributed by atoms with Crippen LogP contribution in [0.5, 0.6) is 0 Å². The fourth-order valence-corrected chi connectivity index (χ4v) is 8.45. The van der Waals surface area contributed by atoms with Crippen molar-refractivity contribution in [2.24, 2.45) is 28.6 Å². The van der Waals surface area contributed by atoms with Gasteiger partial charge in [-0.1, -0.05) is 68.0 Å². The lowest BCUT2D eigenvalue weighted by Gasteiger charge is -2.58. The van der Waals surface area contributed by atoms with E-state index in [-0.39, 0.29) is 0 Å². The molecule has 0 saturated heterocycles. The first-order chi connectivity index (χ1) is 15.4. The van der Waals surface area contributed by atoms with Gasteiger partial charge in [-0.3, -0.25) is 0 Å². The van der Waals surface area contributed by atoms with Crippen LogP contribution in [-0.4, -0.2) is 25.0 Å². The first-order valence-electron chi connectivity index (χ1n) is 13.0. The van der Waals surface area contributed by atoms with Crippen LogP contribution in [0.2, 0.25) is 0 Å². The van der Waals surface area contributed by atoms with Crippen molar-refractivity contribution in [1.82, 2.24) is 4.90 Å². The third-order valence-corrected chi connectivity index (χ3v) is 10.4. The van der Waals surface area contributed by atoms with E-state index in [1.54, 1.807) is 11.1 Å². The molecule has 6 rings (SSSR count). The molecule has 0 radical (unpaired) electrons. The summed E-state index contributed by atoms with van der Waals surface area (Å²) in [5.41, 5.74) is 5.70. The van der Waals surface area contributed by atoms with Crippen molar-refractivity contribution in [2.75, 3.05) is 14.1 Å². The summed E-state index contributed by atoms with van der Waals surface area (Å²) in [7, 11) is 4.54. The van der Waals surface area contributed by atoms with Gasteiger partial charge in [-0.25, -0.2) is 0 Å². The van der Waals surface area contributed by atoms with Crippen LogP contribution in [0.1, 0.15) is 64.4 Å². The summed E-state index contributed by atoms with van der Waals surface area (Å²) >= 11 is 0. The smallest absolute Gasteiger partial charge is 0.0127 e. The van der Waals surface area contributed by atoms with E-state index in [4.69, 9.17) is 0 Å². The van der Waals surface area contributed by atoms with Crippen LogP contribution in [0.15, 0.2) is 60.2 Å². The number of fused-ring (bicyclic) bond motifs is 6. The van der Waals surface area contributed by atoms with Crippen molar-refractivity contribution in [3.05, 3.63) is 65.8 Å². The van der Waals surface area contributed by atoms with E-state index >= 15 is 0 Å². The summed E-state index contributed by atoms with van der Waals surface area (Å²) in [6.45, 7) is 5.24. The molecule has 0 heterocycles. The van der Waals surface area contributed by atoms with Crippen molar-refractivity contribution in [2.45, 2.75) is 64.8 Å². The summed E-state index contributed by atoms with van der Waals surface area (Å²) in [4.78, 5) is 2.46. The normalized spacial score (nSPS) is 38.7. The maximum atomic E-state index is 2.70. The molecule has 0 spiro atoms. The Hall–Kier alpha value is -1.86. The van der Waals surface area contributed by atoms with E-state index in [1.807, 2.05) is 0 Å². The van der Waals surface area contributed by atoms with Crippen molar-refractivity contribution >= 4 is 16.3 Å². The standard InChI is InChI=1S/C31H39N/c1-30-17-15-25(32(3)4)20-24(30)11-12-26-28-14-13-27(31(28,2)18-16-29(26)30)23-10-9-21-7-5-6-8-22(21)19-23/h5-11,13,19,25-26,28-29H,12,14-18,20H2,1-4H3/t25-,26-,28-,29-,30-,31+/m0/s1. The first kappa shape index (κ1) is 20.7. The van der Waals surface area contributed by atoms with Gasteiger partial charge >= 0.3 is 0 Å². The largest absolute Gasteiger partial charge is 0.306 e. The predicted octanol–water partition coefficient (Wildman–Crippen LogP) is 7.73. The summed E-state index contributed by atoms with van der Waals surface area (Å²) < 4.78 is 0. The SMILES string of the molecule is CN(C)[C@H]1CC[C@@]2(C)C(=CC[C@@H]3[C@@H]2CC[C@]2(C)C(c4ccc5ccccc5c4)=CC[C@@H]32)C1. The second-order valence-corrected chi connectivity index (χ2v) is 12.0. The molecule has 2 aromatic carbocycles. The molecule has 0 aliphatic heterocycles. The average molecular weight is 426 g/mol. The van der Waals surface area contributed by atoms with Crippen LogP contribution < -0.4 is 0 Å². The highest BCUT2D eigenvalue weighted by molar-refractivity contribution is 5.87. The van der Waals surface area contributed by atoms with Crippen molar-refractivity contribution in [3.8, 4) is 0 Å². The Morgan fingerprint density at radius 2 is 1.59 bits per heavy atom. The molecule has 0 aromatic heterocycles. The average Bonchev–Trinajstić information content (AvgIpc) is 3.15. The number of nitrogens with zero attached hydrogens (tertiary/aromatic N) is 1. The molecule has 32 heavy (non-hydrogen) atoms. The van der Waals surface area contributed by atoms with Crippen LogP contribution in [0, 0.1) is 28.6 Å². The lowest BCUT2D eigenvalue weighted by atomic mass is 9.47. The minimum absolute atomic E-state index is 0.339. The Kier molecular flexibility index (Phi) is 4.74. The molecular formula is C31H39N. The Morgan fingerprint density at radius 3 is 2.41 bits per heavy atom. The quantitative estimate of drug-likeness (QED) is 0.445. The van der Waals surface area contributed by atoms with E-state index in [2.05, 4.69) is 87.5 Å². The van der Waals surface area contributed by atoms with Crippen LogP contribution >= 0.6 is 0 Å². The molecule has 1 nitrogen and oxygen atoms in total. The third-order valence-electron chi connectivity index (χ3n) is 10.4. The number of allylic oxidation sites excluding steroid dienone is 3. The molecule has 0 amide bonds. The minimum atomic E-state index is 0.339. The fourth-order valence-electron chi connectivity index (χ4n) is 8.45. The Balaban J connectivity index is 1.31. The molecule has 2 fully saturated rings. The van der Waals surface area contributed by atoms with Gasteiger partial charge in [0, 0.05) is 6.04 Å². The zero-order valence-electron chi connectivity index (χ0n) is 20.4. The van der Waals surface area contributed by atoms with Crippen LogP contribution in [0.3, 0.4) is 0 Å². The molecular weight excluding hydrogens is 386 g/mol. The highest BCUT2D eigenvalue weighted by Gasteiger charge is 2.56. The molecule has 0 bridgehead atoms. The summed E-state index contributed by atoms with van der Waals surface area (Å²) in [6, 6.07) is 16.7. The van der Waals surface area contributed by atoms with E-state index in [1.165, 1.54) is 61.3 Å². The second kappa shape index (κ2) is 7.32. The number of hydrogen-bond donors (Lipinski definition) is 0. The highest BCUT2D eigenvalue weighted by atomic mass is 15.1. The molecule has 4 aliphatic carbocycles. The number of benzene rings is 2. The van der Waals surface area contributed by atoms with Gasteiger partial charge in [0.15, 0.2) is 0 Å². The lowest BCUT2D eigenvalue weighted by molar-refractivity contribution is -0.0164. The number of rotatable bonds is 2. The van der Waals surface area contributed by atoms with Crippen LogP contribution in [0.25, 0.3) is 16.3 Å². The monoisotopic (exact) mass is 425 g/mol. The van der Waals surface area contributed by atoms with Crippen molar-refractivity contribution in [3.63, 3.8) is 0 Å². The van der Waals surface area contributed by atoms with Gasteiger partial charge in [0.05, 0.1) is 0 Å². The molecule has 2 saturated carbocycles. The van der Waals surface area contributed by atoms with Crippen LogP contribution in [-0.2, 0) is 0 Å².